The van der Waals surface area contributed by atoms with Crippen molar-refractivity contribution < 1.29 is 4.92 Å². The molecule has 0 saturated heterocycles. The number of nitrogens with one attached hydrogen (secondary N) is 1. The maximum atomic E-state index is 11.3. The second-order valence-corrected chi connectivity index (χ2v) is 5.34. The third kappa shape index (κ3) is 3.24. The lowest BCUT2D eigenvalue weighted by atomic mass is 10.1. The summed E-state index contributed by atoms with van der Waals surface area (Å²) in [7, 11) is 0. The van der Waals surface area contributed by atoms with Gasteiger partial charge in [-0.1, -0.05) is 29.8 Å². The molecule has 3 aromatic rings. The van der Waals surface area contributed by atoms with Crippen LogP contribution in [-0.4, -0.2) is 26.0 Å². The predicted molar refractivity (Wildman–Crippen MR) is 88.7 cm³/mol. The van der Waals surface area contributed by atoms with Gasteiger partial charge < -0.3 is 9.88 Å². The molecule has 3 rings (SSSR count). The highest BCUT2D eigenvalue weighted by Gasteiger charge is 2.23. The van der Waals surface area contributed by atoms with Crippen LogP contribution in [0.1, 0.15) is 6.42 Å². The summed E-state index contributed by atoms with van der Waals surface area (Å²) in [4.78, 5) is 18.9. The van der Waals surface area contributed by atoms with Gasteiger partial charge in [0.2, 0.25) is 5.15 Å². The molecule has 0 aliphatic carbocycles. The number of hydrogen-bond acceptors (Lipinski definition) is 5. The highest BCUT2D eigenvalue weighted by atomic mass is 35.5. The van der Waals surface area contributed by atoms with E-state index in [1.165, 1.54) is 0 Å². The average molecular weight is 332 g/mol. The van der Waals surface area contributed by atoms with E-state index in [2.05, 4.69) is 15.3 Å². The number of aryl methyl sites for hydroxylation is 1. The summed E-state index contributed by atoms with van der Waals surface area (Å²) in [5.41, 5.74) is 0.851. The smallest absolute Gasteiger partial charge is 0.329 e. The standard InChI is InChI=1S/C15H14ClN5O2/c16-15-14(21(22)23)13(11-4-1-2-5-12(11)19-15)18-6-3-8-20-9-7-17-10-20/h1-2,4-5,7,9-10H,3,6,8H2,(H,18,19). The first-order chi connectivity index (χ1) is 11.2. The van der Waals surface area contributed by atoms with E-state index < -0.39 is 4.92 Å². The zero-order chi connectivity index (χ0) is 16.2. The molecule has 8 heteroatoms. The van der Waals surface area contributed by atoms with E-state index in [-0.39, 0.29) is 10.8 Å². The number of hydrogen-bond donors (Lipinski definition) is 1. The van der Waals surface area contributed by atoms with Gasteiger partial charge in [0, 0.05) is 30.9 Å². The highest BCUT2D eigenvalue weighted by Crippen LogP contribution is 2.37. The molecule has 1 aromatic carbocycles. The second kappa shape index (κ2) is 6.62. The van der Waals surface area contributed by atoms with Crippen LogP contribution in [0.3, 0.4) is 0 Å². The number of pyridine rings is 1. The zero-order valence-electron chi connectivity index (χ0n) is 12.1. The molecule has 1 N–H and O–H groups in total. The lowest BCUT2D eigenvalue weighted by molar-refractivity contribution is -0.384. The quantitative estimate of drug-likeness (QED) is 0.323. The Kier molecular flexibility index (Phi) is 4.38. The minimum Gasteiger partial charge on any atom is -0.379 e. The van der Waals surface area contributed by atoms with Gasteiger partial charge in [0.05, 0.1) is 16.8 Å². The van der Waals surface area contributed by atoms with Crippen LogP contribution >= 0.6 is 11.6 Å². The minimum atomic E-state index is -0.500. The summed E-state index contributed by atoms with van der Waals surface area (Å²) in [5.74, 6) is 0. The Morgan fingerprint density at radius 2 is 2.17 bits per heavy atom. The lowest BCUT2D eigenvalue weighted by Gasteiger charge is -2.11. The Morgan fingerprint density at radius 1 is 1.35 bits per heavy atom. The summed E-state index contributed by atoms with van der Waals surface area (Å²) >= 11 is 5.99. The Bertz CT molecular complexity index is 835. The van der Waals surface area contributed by atoms with E-state index >= 15 is 0 Å². The van der Waals surface area contributed by atoms with E-state index in [1.807, 2.05) is 22.9 Å². The summed E-state index contributed by atoms with van der Waals surface area (Å²) in [6.07, 6.45) is 6.12. The minimum absolute atomic E-state index is 0.106. The first-order valence-electron chi connectivity index (χ1n) is 7.09. The van der Waals surface area contributed by atoms with Crippen LogP contribution in [0.5, 0.6) is 0 Å². The second-order valence-electron chi connectivity index (χ2n) is 4.98. The maximum absolute atomic E-state index is 11.3. The van der Waals surface area contributed by atoms with Crippen molar-refractivity contribution in [1.82, 2.24) is 14.5 Å². The molecule has 0 aliphatic heterocycles. The number of imidazole rings is 1. The maximum Gasteiger partial charge on any atom is 0.329 e. The molecule has 2 aromatic heterocycles. The monoisotopic (exact) mass is 331 g/mol. The SMILES string of the molecule is O=[N+]([O-])c1c(Cl)nc2ccccc2c1NCCCn1ccnc1. The summed E-state index contributed by atoms with van der Waals surface area (Å²) in [5, 5.41) is 15.1. The summed E-state index contributed by atoms with van der Waals surface area (Å²) < 4.78 is 1.95. The molecule has 7 nitrogen and oxygen atoms in total. The molecular weight excluding hydrogens is 318 g/mol. The summed E-state index contributed by atoms with van der Waals surface area (Å²) in [6.45, 7) is 1.35. The molecule has 0 atom stereocenters. The molecule has 0 unspecified atom stereocenters. The van der Waals surface area contributed by atoms with Crippen LogP contribution in [-0.2, 0) is 6.54 Å². The Balaban J connectivity index is 1.85. The van der Waals surface area contributed by atoms with Crippen molar-refractivity contribution in [3.8, 4) is 0 Å². The Hall–Kier alpha value is -2.67. The van der Waals surface area contributed by atoms with Gasteiger partial charge in [-0.3, -0.25) is 10.1 Å². The van der Waals surface area contributed by atoms with Crippen LogP contribution < -0.4 is 5.32 Å². The Labute approximate surface area is 137 Å². The molecule has 0 spiro atoms. The van der Waals surface area contributed by atoms with Crippen molar-refractivity contribution in [2.45, 2.75) is 13.0 Å². The van der Waals surface area contributed by atoms with Gasteiger partial charge in [-0.05, 0) is 12.5 Å². The van der Waals surface area contributed by atoms with Crippen LogP contribution in [0.25, 0.3) is 10.9 Å². The summed E-state index contributed by atoms with van der Waals surface area (Å²) in [6, 6.07) is 7.21. The van der Waals surface area contributed by atoms with Gasteiger partial charge in [-0.15, -0.1) is 0 Å². The third-order valence-corrected chi connectivity index (χ3v) is 3.72. The van der Waals surface area contributed by atoms with Crippen LogP contribution in [0.15, 0.2) is 43.0 Å². The van der Waals surface area contributed by atoms with Gasteiger partial charge in [0.25, 0.3) is 0 Å². The van der Waals surface area contributed by atoms with Crippen molar-refractivity contribution in [2.75, 3.05) is 11.9 Å². The van der Waals surface area contributed by atoms with Gasteiger partial charge >= 0.3 is 5.69 Å². The normalized spacial score (nSPS) is 10.8. The molecule has 23 heavy (non-hydrogen) atoms. The number of nitro groups is 1. The van der Waals surface area contributed by atoms with E-state index in [0.717, 1.165) is 13.0 Å². The number of rotatable bonds is 6. The molecule has 0 radical (unpaired) electrons. The number of benzene rings is 1. The number of nitrogens with zero attached hydrogens (tertiary/aromatic N) is 4. The molecular formula is C15H14ClN5O2. The lowest BCUT2D eigenvalue weighted by Crippen LogP contribution is -2.08. The van der Waals surface area contributed by atoms with E-state index in [1.54, 1.807) is 24.7 Å². The Morgan fingerprint density at radius 3 is 2.91 bits per heavy atom. The zero-order valence-corrected chi connectivity index (χ0v) is 12.9. The first kappa shape index (κ1) is 15.2. The highest BCUT2D eigenvalue weighted by molar-refractivity contribution is 6.33. The number of anilines is 1. The topological polar surface area (TPSA) is 85.9 Å². The van der Waals surface area contributed by atoms with Gasteiger partial charge in [-0.2, -0.15) is 0 Å². The van der Waals surface area contributed by atoms with Crippen molar-refractivity contribution in [3.63, 3.8) is 0 Å². The van der Waals surface area contributed by atoms with Crippen molar-refractivity contribution >= 4 is 33.9 Å². The fourth-order valence-corrected chi connectivity index (χ4v) is 2.67. The molecule has 0 amide bonds. The van der Waals surface area contributed by atoms with Gasteiger partial charge in [0.15, 0.2) is 0 Å². The number of aromatic nitrogens is 3. The number of para-hydroxylation sites is 1. The molecule has 0 aliphatic rings. The van der Waals surface area contributed by atoms with E-state index in [4.69, 9.17) is 11.6 Å². The number of fused-ring (bicyclic) bond motifs is 1. The molecule has 0 saturated carbocycles. The van der Waals surface area contributed by atoms with E-state index in [9.17, 15) is 10.1 Å². The molecule has 0 bridgehead atoms. The fourth-order valence-electron chi connectivity index (χ4n) is 2.41. The predicted octanol–water partition coefficient (Wildman–Crippen LogP) is 3.50. The average Bonchev–Trinajstić information content (AvgIpc) is 3.04. The molecule has 0 fully saturated rings. The fraction of sp³-hybridized carbons (Fsp3) is 0.200. The molecule has 118 valence electrons. The number of halogens is 1. The van der Waals surface area contributed by atoms with Crippen molar-refractivity contribution in [3.05, 3.63) is 58.3 Å². The van der Waals surface area contributed by atoms with E-state index in [0.29, 0.717) is 23.1 Å². The van der Waals surface area contributed by atoms with Crippen molar-refractivity contribution in [2.24, 2.45) is 0 Å². The largest absolute Gasteiger partial charge is 0.379 e. The van der Waals surface area contributed by atoms with Gasteiger partial charge in [0.1, 0.15) is 5.69 Å². The van der Waals surface area contributed by atoms with Crippen LogP contribution in [0.4, 0.5) is 11.4 Å². The third-order valence-electron chi connectivity index (χ3n) is 3.46. The van der Waals surface area contributed by atoms with Crippen LogP contribution in [0, 0.1) is 10.1 Å². The molecule has 2 heterocycles. The van der Waals surface area contributed by atoms with Gasteiger partial charge in [-0.25, -0.2) is 9.97 Å². The van der Waals surface area contributed by atoms with Crippen LogP contribution in [0.2, 0.25) is 5.15 Å². The first-order valence-corrected chi connectivity index (χ1v) is 7.47. The van der Waals surface area contributed by atoms with Crippen molar-refractivity contribution in [1.29, 1.82) is 0 Å².